The summed E-state index contributed by atoms with van der Waals surface area (Å²) in [6.07, 6.45) is 0. The third-order valence-electron chi connectivity index (χ3n) is 3.13. The SMILES string of the molecule is COCCNCc1cc(Br)ccc1N(C)CCN(C)C. The highest BCUT2D eigenvalue weighted by Crippen LogP contribution is 2.23. The largest absolute Gasteiger partial charge is 0.383 e. The van der Waals surface area contributed by atoms with Crippen LogP contribution in [0, 0.1) is 0 Å². The van der Waals surface area contributed by atoms with E-state index in [9.17, 15) is 0 Å². The fourth-order valence-corrected chi connectivity index (χ4v) is 2.34. The smallest absolute Gasteiger partial charge is 0.0587 e. The molecule has 114 valence electrons. The topological polar surface area (TPSA) is 27.7 Å². The van der Waals surface area contributed by atoms with Gasteiger partial charge in [-0.25, -0.2) is 0 Å². The molecule has 0 heterocycles. The van der Waals surface area contributed by atoms with Crippen LogP contribution in [0.25, 0.3) is 0 Å². The molecule has 1 N–H and O–H groups in total. The molecule has 0 aliphatic heterocycles. The van der Waals surface area contributed by atoms with E-state index in [1.54, 1.807) is 7.11 Å². The normalized spacial score (nSPS) is 11.1. The van der Waals surface area contributed by atoms with E-state index >= 15 is 0 Å². The van der Waals surface area contributed by atoms with Crippen LogP contribution >= 0.6 is 15.9 Å². The van der Waals surface area contributed by atoms with Gasteiger partial charge < -0.3 is 19.9 Å². The number of benzene rings is 1. The molecule has 0 atom stereocenters. The van der Waals surface area contributed by atoms with Crippen molar-refractivity contribution in [1.29, 1.82) is 0 Å². The number of likely N-dealkylation sites (N-methyl/N-ethyl adjacent to an activating group) is 2. The molecule has 0 aromatic heterocycles. The molecule has 1 aromatic rings. The molecule has 4 nitrogen and oxygen atoms in total. The fraction of sp³-hybridized carbons (Fsp3) is 0.600. The van der Waals surface area contributed by atoms with E-state index in [2.05, 4.69) is 70.4 Å². The van der Waals surface area contributed by atoms with Crippen LogP contribution < -0.4 is 10.2 Å². The highest BCUT2D eigenvalue weighted by atomic mass is 79.9. The summed E-state index contributed by atoms with van der Waals surface area (Å²) in [5.74, 6) is 0. The summed E-state index contributed by atoms with van der Waals surface area (Å²) in [7, 11) is 8.07. The molecule has 0 saturated carbocycles. The molecule has 0 aliphatic rings. The minimum atomic E-state index is 0.736. The Hall–Kier alpha value is -0.620. The molecule has 0 bridgehead atoms. The Kier molecular flexibility index (Phi) is 8.14. The Morgan fingerprint density at radius 3 is 2.60 bits per heavy atom. The minimum Gasteiger partial charge on any atom is -0.383 e. The molecule has 0 radical (unpaired) electrons. The standard InChI is InChI=1S/C15H26BrN3O/c1-18(2)8-9-19(3)15-6-5-14(16)11-13(15)12-17-7-10-20-4/h5-6,11,17H,7-10,12H2,1-4H3. The second-order valence-corrected chi connectivity index (χ2v) is 6.08. The molecular formula is C15H26BrN3O. The van der Waals surface area contributed by atoms with Gasteiger partial charge in [-0.15, -0.1) is 0 Å². The monoisotopic (exact) mass is 343 g/mol. The van der Waals surface area contributed by atoms with Crippen molar-refractivity contribution in [3.05, 3.63) is 28.2 Å². The van der Waals surface area contributed by atoms with Crippen molar-refractivity contribution < 1.29 is 4.74 Å². The number of anilines is 1. The second kappa shape index (κ2) is 9.34. The lowest BCUT2D eigenvalue weighted by atomic mass is 10.1. The molecule has 1 rings (SSSR count). The summed E-state index contributed by atoms with van der Waals surface area (Å²) < 4.78 is 6.17. The van der Waals surface area contributed by atoms with Gasteiger partial charge in [0.05, 0.1) is 6.61 Å². The Morgan fingerprint density at radius 1 is 1.20 bits per heavy atom. The Bertz CT molecular complexity index is 399. The van der Waals surface area contributed by atoms with Crippen molar-refractivity contribution in [2.24, 2.45) is 0 Å². The summed E-state index contributed by atoms with van der Waals surface area (Å²) in [6, 6.07) is 6.45. The predicted octanol–water partition coefficient (Wildman–Crippen LogP) is 2.18. The van der Waals surface area contributed by atoms with E-state index in [0.717, 1.165) is 37.3 Å². The Balaban J connectivity index is 2.68. The highest BCUT2D eigenvalue weighted by Gasteiger charge is 2.08. The predicted molar refractivity (Wildman–Crippen MR) is 89.5 cm³/mol. The summed E-state index contributed by atoms with van der Waals surface area (Å²) >= 11 is 3.55. The molecule has 5 heteroatoms. The van der Waals surface area contributed by atoms with Gasteiger partial charge in [-0.3, -0.25) is 0 Å². The lowest BCUT2D eigenvalue weighted by molar-refractivity contribution is 0.199. The molecule has 20 heavy (non-hydrogen) atoms. The third kappa shape index (κ3) is 6.22. The van der Waals surface area contributed by atoms with E-state index < -0.39 is 0 Å². The molecule has 0 saturated heterocycles. The average Bonchev–Trinajstić information content (AvgIpc) is 2.41. The van der Waals surface area contributed by atoms with E-state index in [0.29, 0.717) is 0 Å². The first-order valence-corrected chi connectivity index (χ1v) is 7.68. The molecule has 1 aromatic carbocycles. The van der Waals surface area contributed by atoms with Crippen LogP contribution in [0.15, 0.2) is 22.7 Å². The second-order valence-electron chi connectivity index (χ2n) is 5.17. The van der Waals surface area contributed by atoms with Crippen molar-refractivity contribution in [1.82, 2.24) is 10.2 Å². The van der Waals surface area contributed by atoms with Gasteiger partial charge >= 0.3 is 0 Å². The number of halogens is 1. The maximum Gasteiger partial charge on any atom is 0.0587 e. The number of ether oxygens (including phenoxy) is 1. The maximum absolute atomic E-state index is 5.06. The molecule has 0 unspecified atom stereocenters. The van der Waals surface area contributed by atoms with Crippen LogP contribution in [0.1, 0.15) is 5.56 Å². The van der Waals surface area contributed by atoms with Gasteiger partial charge in [0.25, 0.3) is 0 Å². The lowest BCUT2D eigenvalue weighted by Crippen LogP contribution is -2.29. The van der Waals surface area contributed by atoms with Crippen LogP contribution in [-0.4, -0.2) is 59.4 Å². The zero-order chi connectivity index (χ0) is 15.0. The Labute approximate surface area is 131 Å². The number of nitrogens with zero attached hydrogens (tertiary/aromatic N) is 2. The molecule has 0 fully saturated rings. The summed E-state index contributed by atoms with van der Waals surface area (Å²) in [6.45, 7) is 4.51. The highest BCUT2D eigenvalue weighted by molar-refractivity contribution is 9.10. The zero-order valence-electron chi connectivity index (χ0n) is 12.9. The van der Waals surface area contributed by atoms with E-state index in [1.165, 1.54) is 11.3 Å². The van der Waals surface area contributed by atoms with Crippen LogP contribution in [0.3, 0.4) is 0 Å². The van der Waals surface area contributed by atoms with Crippen molar-refractivity contribution >= 4 is 21.6 Å². The van der Waals surface area contributed by atoms with Gasteiger partial charge in [0.1, 0.15) is 0 Å². The van der Waals surface area contributed by atoms with Crippen LogP contribution in [0.4, 0.5) is 5.69 Å². The minimum absolute atomic E-state index is 0.736. The number of methoxy groups -OCH3 is 1. The average molecular weight is 344 g/mol. The number of hydrogen-bond acceptors (Lipinski definition) is 4. The summed E-state index contributed by atoms with van der Waals surface area (Å²) in [5.41, 5.74) is 2.58. The molecule has 0 amide bonds. The van der Waals surface area contributed by atoms with Crippen LogP contribution in [-0.2, 0) is 11.3 Å². The lowest BCUT2D eigenvalue weighted by Gasteiger charge is -2.24. The van der Waals surface area contributed by atoms with E-state index in [1.807, 2.05) is 0 Å². The first kappa shape index (κ1) is 17.4. The van der Waals surface area contributed by atoms with Gasteiger partial charge in [0.2, 0.25) is 0 Å². The number of hydrogen-bond donors (Lipinski definition) is 1. The third-order valence-corrected chi connectivity index (χ3v) is 3.63. The molecular weight excluding hydrogens is 318 g/mol. The summed E-state index contributed by atoms with van der Waals surface area (Å²) in [5, 5.41) is 3.41. The number of nitrogens with one attached hydrogen (secondary N) is 1. The maximum atomic E-state index is 5.06. The van der Waals surface area contributed by atoms with Gasteiger partial charge in [0.15, 0.2) is 0 Å². The van der Waals surface area contributed by atoms with Gasteiger partial charge in [-0.1, -0.05) is 15.9 Å². The van der Waals surface area contributed by atoms with Crippen molar-refractivity contribution in [3.63, 3.8) is 0 Å². The Morgan fingerprint density at radius 2 is 1.95 bits per heavy atom. The van der Waals surface area contributed by atoms with Gasteiger partial charge in [-0.05, 0) is 37.9 Å². The first-order chi connectivity index (χ1) is 9.54. The van der Waals surface area contributed by atoms with Gasteiger partial charge in [0, 0.05) is 50.5 Å². The van der Waals surface area contributed by atoms with Crippen LogP contribution in [0.5, 0.6) is 0 Å². The first-order valence-electron chi connectivity index (χ1n) is 6.88. The molecule has 0 aliphatic carbocycles. The summed E-state index contributed by atoms with van der Waals surface area (Å²) in [4.78, 5) is 4.51. The van der Waals surface area contributed by atoms with Crippen molar-refractivity contribution in [2.45, 2.75) is 6.54 Å². The van der Waals surface area contributed by atoms with Crippen molar-refractivity contribution in [3.8, 4) is 0 Å². The van der Waals surface area contributed by atoms with Crippen LogP contribution in [0.2, 0.25) is 0 Å². The zero-order valence-corrected chi connectivity index (χ0v) is 14.5. The van der Waals surface area contributed by atoms with Gasteiger partial charge in [-0.2, -0.15) is 0 Å². The van der Waals surface area contributed by atoms with E-state index in [4.69, 9.17) is 4.74 Å². The van der Waals surface area contributed by atoms with Crippen molar-refractivity contribution in [2.75, 3.05) is 59.4 Å². The van der Waals surface area contributed by atoms with E-state index in [-0.39, 0.29) is 0 Å². The quantitative estimate of drug-likeness (QED) is 0.695. The number of rotatable bonds is 9. The molecule has 0 spiro atoms. The fourth-order valence-electron chi connectivity index (χ4n) is 1.94.